The first-order chi connectivity index (χ1) is 14.4. The predicted octanol–water partition coefficient (Wildman–Crippen LogP) is 2.49. The van der Waals surface area contributed by atoms with Crippen LogP contribution in [0, 0.1) is 6.92 Å². The fraction of sp³-hybridized carbons (Fsp3) is 0.286. The Morgan fingerprint density at radius 2 is 1.87 bits per heavy atom. The van der Waals surface area contributed by atoms with Crippen LogP contribution >= 0.6 is 0 Å². The van der Waals surface area contributed by atoms with Crippen LogP contribution in [0.25, 0.3) is 11.3 Å². The van der Waals surface area contributed by atoms with Gasteiger partial charge < -0.3 is 14.2 Å². The molecule has 9 heteroatoms. The van der Waals surface area contributed by atoms with Crippen molar-refractivity contribution >= 4 is 15.7 Å². The van der Waals surface area contributed by atoms with Crippen LogP contribution < -0.4 is 4.74 Å². The van der Waals surface area contributed by atoms with Crippen LogP contribution in [0.3, 0.4) is 0 Å². The van der Waals surface area contributed by atoms with Crippen molar-refractivity contribution < 1.29 is 22.5 Å². The maximum Gasteiger partial charge on any atom is 0.255 e. The summed E-state index contributed by atoms with van der Waals surface area (Å²) in [7, 11) is -3.04. The Morgan fingerprint density at radius 3 is 2.53 bits per heavy atom. The Hall–Kier alpha value is -3.20. The minimum atomic E-state index is -3.04. The number of benzene rings is 1. The first-order valence-corrected chi connectivity index (χ1v) is 11.3. The lowest BCUT2D eigenvalue weighted by Gasteiger charge is -2.26. The summed E-state index contributed by atoms with van der Waals surface area (Å²) < 4.78 is 34.2. The van der Waals surface area contributed by atoms with E-state index in [1.165, 1.54) is 11.1 Å². The fourth-order valence-electron chi connectivity index (χ4n) is 3.22. The van der Waals surface area contributed by atoms with Gasteiger partial charge in [-0.15, -0.1) is 0 Å². The number of aromatic nitrogens is 2. The highest BCUT2D eigenvalue weighted by molar-refractivity contribution is 7.91. The summed E-state index contributed by atoms with van der Waals surface area (Å²) in [6.07, 6.45) is 1.44. The number of pyridine rings is 1. The molecule has 2 aromatic heterocycles. The number of sulfone groups is 1. The van der Waals surface area contributed by atoms with Crippen LogP contribution in [0.5, 0.6) is 5.88 Å². The molecule has 4 rings (SSSR count). The standard InChI is InChI=1S/C21H21N3O5S/c1-15-18(20(23-29-15)16-5-3-2-4-6-16)14-28-19-8-7-17(13-22-19)21(25)24-9-11-30(26,27)12-10-24/h2-8,13H,9-12,14H2,1H3. The molecule has 0 atom stereocenters. The lowest BCUT2D eigenvalue weighted by atomic mass is 10.1. The number of aryl methyl sites for hydroxylation is 1. The number of amides is 1. The van der Waals surface area contributed by atoms with Crippen LogP contribution in [0.2, 0.25) is 0 Å². The van der Waals surface area contributed by atoms with E-state index >= 15 is 0 Å². The van der Waals surface area contributed by atoms with Gasteiger partial charge in [-0.05, 0) is 13.0 Å². The van der Waals surface area contributed by atoms with Gasteiger partial charge >= 0.3 is 0 Å². The molecular formula is C21H21N3O5S. The first kappa shape index (κ1) is 20.1. The first-order valence-electron chi connectivity index (χ1n) is 9.52. The van der Waals surface area contributed by atoms with Gasteiger partial charge in [0.2, 0.25) is 5.88 Å². The van der Waals surface area contributed by atoms with E-state index in [-0.39, 0.29) is 37.1 Å². The van der Waals surface area contributed by atoms with E-state index in [4.69, 9.17) is 9.26 Å². The van der Waals surface area contributed by atoms with Crippen LogP contribution in [0.15, 0.2) is 53.2 Å². The molecule has 30 heavy (non-hydrogen) atoms. The van der Waals surface area contributed by atoms with E-state index in [9.17, 15) is 13.2 Å². The maximum atomic E-state index is 12.5. The largest absolute Gasteiger partial charge is 0.473 e. The third-order valence-electron chi connectivity index (χ3n) is 5.01. The average molecular weight is 427 g/mol. The van der Waals surface area contributed by atoms with Gasteiger partial charge in [0.05, 0.1) is 22.6 Å². The molecule has 0 spiro atoms. The number of rotatable bonds is 5. The zero-order chi connectivity index (χ0) is 21.1. The molecule has 0 bridgehead atoms. The summed E-state index contributed by atoms with van der Waals surface area (Å²) >= 11 is 0. The Bertz CT molecular complexity index is 1130. The van der Waals surface area contributed by atoms with Crippen molar-refractivity contribution in [2.24, 2.45) is 0 Å². The van der Waals surface area contributed by atoms with E-state index in [0.717, 1.165) is 16.8 Å². The zero-order valence-electron chi connectivity index (χ0n) is 16.4. The lowest BCUT2D eigenvalue weighted by molar-refractivity contribution is 0.0769. The van der Waals surface area contributed by atoms with Gasteiger partial charge in [-0.25, -0.2) is 13.4 Å². The molecular weight excluding hydrogens is 406 g/mol. The Labute approximate surface area is 174 Å². The molecule has 8 nitrogen and oxygen atoms in total. The third kappa shape index (κ3) is 4.35. The molecule has 1 amide bonds. The smallest absolute Gasteiger partial charge is 0.255 e. The summed E-state index contributed by atoms with van der Waals surface area (Å²) in [5.41, 5.74) is 2.89. The summed E-state index contributed by atoms with van der Waals surface area (Å²) in [5, 5.41) is 4.13. The highest BCUT2D eigenvalue weighted by Gasteiger charge is 2.26. The van der Waals surface area contributed by atoms with Gasteiger partial charge in [-0.1, -0.05) is 35.5 Å². The molecule has 0 saturated carbocycles. The Balaban J connectivity index is 1.42. The van der Waals surface area contributed by atoms with Crippen LogP contribution in [0.4, 0.5) is 0 Å². The molecule has 1 aromatic carbocycles. The molecule has 1 aliphatic heterocycles. The van der Waals surface area contributed by atoms with Gasteiger partial charge in [0.15, 0.2) is 9.84 Å². The minimum absolute atomic E-state index is 0.00476. The second-order valence-electron chi connectivity index (χ2n) is 7.05. The van der Waals surface area contributed by atoms with Crippen molar-refractivity contribution in [1.29, 1.82) is 0 Å². The molecule has 156 valence electrons. The SMILES string of the molecule is Cc1onc(-c2ccccc2)c1COc1ccc(C(=O)N2CCS(=O)(=O)CC2)cn1. The van der Waals surface area contributed by atoms with Gasteiger partial charge in [0, 0.05) is 30.9 Å². The van der Waals surface area contributed by atoms with Gasteiger partial charge in [0.1, 0.15) is 18.1 Å². The number of hydrogen-bond acceptors (Lipinski definition) is 7. The van der Waals surface area contributed by atoms with Crippen molar-refractivity contribution in [3.05, 3.63) is 65.5 Å². The van der Waals surface area contributed by atoms with E-state index in [0.29, 0.717) is 17.2 Å². The number of nitrogens with zero attached hydrogens (tertiary/aromatic N) is 3. The van der Waals surface area contributed by atoms with Crippen LogP contribution in [-0.4, -0.2) is 54.0 Å². The maximum absolute atomic E-state index is 12.5. The summed E-state index contributed by atoms with van der Waals surface area (Å²) in [6, 6.07) is 12.9. The summed E-state index contributed by atoms with van der Waals surface area (Å²) in [5.74, 6) is 0.794. The topological polar surface area (TPSA) is 103 Å². The van der Waals surface area contributed by atoms with Gasteiger partial charge in [0.25, 0.3) is 5.91 Å². The van der Waals surface area contributed by atoms with Gasteiger partial charge in [-0.2, -0.15) is 0 Å². The predicted molar refractivity (Wildman–Crippen MR) is 110 cm³/mol. The molecule has 1 fully saturated rings. The average Bonchev–Trinajstić information content (AvgIpc) is 3.13. The highest BCUT2D eigenvalue weighted by Crippen LogP contribution is 2.26. The summed E-state index contributed by atoms with van der Waals surface area (Å²) in [4.78, 5) is 18.3. The number of carbonyl (C=O) groups is 1. The number of ether oxygens (including phenoxy) is 1. The Kier molecular flexibility index (Phi) is 5.54. The van der Waals surface area contributed by atoms with E-state index in [1.807, 2.05) is 37.3 Å². The van der Waals surface area contributed by atoms with Crippen LogP contribution in [0.1, 0.15) is 21.7 Å². The Morgan fingerprint density at radius 1 is 1.13 bits per heavy atom. The molecule has 1 saturated heterocycles. The zero-order valence-corrected chi connectivity index (χ0v) is 17.3. The van der Waals surface area contributed by atoms with Crippen LogP contribution in [-0.2, 0) is 16.4 Å². The molecule has 0 N–H and O–H groups in total. The van der Waals surface area contributed by atoms with E-state index < -0.39 is 9.84 Å². The second-order valence-corrected chi connectivity index (χ2v) is 9.35. The molecule has 0 radical (unpaired) electrons. The van der Waals surface area contributed by atoms with Crippen molar-refractivity contribution in [3.63, 3.8) is 0 Å². The van der Waals surface area contributed by atoms with Crippen molar-refractivity contribution in [3.8, 4) is 17.1 Å². The lowest BCUT2D eigenvalue weighted by Crippen LogP contribution is -2.43. The molecule has 3 aromatic rings. The molecule has 0 aliphatic carbocycles. The summed E-state index contributed by atoms with van der Waals surface area (Å²) in [6.45, 7) is 2.46. The van der Waals surface area contributed by atoms with Crippen molar-refractivity contribution in [1.82, 2.24) is 15.0 Å². The number of carbonyl (C=O) groups excluding carboxylic acids is 1. The molecule has 0 unspecified atom stereocenters. The normalized spacial score (nSPS) is 15.7. The monoisotopic (exact) mass is 427 g/mol. The minimum Gasteiger partial charge on any atom is -0.473 e. The molecule has 1 aliphatic rings. The van der Waals surface area contributed by atoms with Gasteiger partial charge in [-0.3, -0.25) is 4.79 Å². The second kappa shape index (κ2) is 8.27. The number of hydrogen-bond donors (Lipinski definition) is 0. The van der Waals surface area contributed by atoms with E-state index in [1.54, 1.807) is 12.1 Å². The fourth-order valence-corrected chi connectivity index (χ4v) is 4.42. The van der Waals surface area contributed by atoms with E-state index in [2.05, 4.69) is 10.1 Å². The third-order valence-corrected chi connectivity index (χ3v) is 6.62. The van der Waals surface area contributed by atoms with Crippen molar-refractivity contribution in [2.45, 2.75) is 13.5 Å². The highest BCUT2D eigenvalue weighted by atomic mass is 32.2. The van der Waals surface area contributed by atoms with Crippen molar-refractivity contribution in [2.75, 3.05) is 24.6 Å². The quantitative estimate of drug-likeness (QED) is 0.616. The molecule has 3 heterocycles.